The zero-order chi connectivity index (χ0) is 14.8. The summed E-state index contributed by atoms with van der Waals surface area (Å²) < 4.78 is 1.67. The molecule has 1 heterocycles. The lowest BCUT2D eigenvalue weighted by atomic mass is 10.1. The Kier molecular flexibility index (Phi) is 5.82. The van der Waals surface area contributed by atoms with E-state index in [4.69, 9.17) is 5.73 Å². The predicted octanol–water partition coefficient (Wildman–Crippen LogP) is 1.65. The molecule has 0 aliphatic heterocycles. The number of aromatic amines is 1. The van der Waals surface area contributed by atoms with E-state index in [1.54, 1.807) is 4.57 Å². The zero-order valence-corrected chi connectivity index (χ0v) is 14.8. The summed E-state index contributed by atoms with van der Waals surface area (Å²) in [6.45, 7) is 6.99. The highest BCUT2D eigenvalue weighted by Crippen LogP contribution is 2.08. The van der Waals surface area contributed by atoms with Gasteiger partial charge in [-0.1, -0.05) is 12.1 Å². The molecule has 6 nitrogen and oxygen atoms in total. The van der Waals surface area contributed by atoms with E-state index >= 15 is 0 Å². The van der Waals surface area contributed by atoms with Crippen LogP contribution in [0, 0.1) is 0 Å². The Bertz CT molecular complexity index is 680. The SMILES string of the molecule is CC(C)(C)NC(N)=NCCn1c(=O)[nH]c2ccccc21.I. The first-order valence-electron chi connectivity index (χ1n) is 6.62. The topological polar surface area (TPSA) is 88.2 Å². The normalized spacial score (nSPS) is 12.2. The maximum Gasteiger partial charge on any atom is 0.326 e. The average molecular weight is 403 g/mol. The predicted molar refractivity (Wildman–Crippen MR) is 97.4 cm³/mol. The van der Waals surface area contributed by atoms with Gasteiger partial charge in [0.1, 0.15) is 0 Å². The Balaban J connectivity index is 0.00000220. The number of benzene rings is 1. The van der Waals surface area contributed by atoms with Gasteiger partial charge in [0.25, 0.3) is 0 Å². The summed E-state index contributed by atoms with van der Waals surface area (Å²) in [5, 5.41) is 3.08. The average Bonchev–Trinajstić information content (AvgIpc) is 2.64. The molecule has 0 aliphatic carbocycles. The van der Waals surface area contributed by atoms with E-state index in [1.807, 2.05) is 45.0 Å². The number of fused-ring (bicyclic) bond motifs is 1. The van der Waals surface area contributed by atoms with Gasteiger partial charge in [0, 0.05) is 12.1 Å². The van der Waals surface area contributed by atoms with Crippen molar-refractivity contribution in [1.29, 1.82) is 0 Å². The van der Waals surface area contributed by atoms with Crippen LogP contribution in [0.25, 0.3) is 11.0 Å². The van der Waals surface area contributed by atoms with E-state index in [0.717, 1.165) is 11.0 Å². The number of rotatable bonds is 3. The molecule has 0 fully saturated rings. The molecule has 4 N–H and O–H groups in total. The first-order valence-corrected chi connectivity index (χ1v) is 6.62. The van der Waals surface area contributed by atoms with Crippen LogP contribution in [0.5, 0.6) is 0 Å². The van der Waals surface area contributed by atoms with Crippen LogP contribution in [0.1, 0.15) is 20.8 Å². The van der Waals surface area contributed by atoms with Crippen LogP contribution >= 0.6 is 24.0 Å². The van der Waals surface area contributed by atoms with Crippen molar-refractivity contribution in [3.05, 3.63) is 34.7 Å². The van der Waals surface area contributed by atoms with Crippen molar-refractivity contribution in [1.82, 2.24) is 14.9 Å². The van der Waals surface area contributed by atoms with Crippen LogP contribution in [0.15, 0.2) is 34.1 Å². The zero-order valence-electron chi connectivity index (χ0n) is 12.5. The second-order valence-electron chi connectivity index (χ2n) is 5.74. The molecule has 21 heavy (non-hydrogen) atoms. The molecule has 1 aromatic heterocycles. The molecule has 1 aromatic carbocycles. The molecule has 2 aromatic rings. The fourth-order valence-electron chi connectivity index (χ4n) is 2.02. The molecule has 7 heteroatoms. The Morgan fingerprint density at radius 3 is 2.71 bits per heavy atom. The van der Waals surface area contributed by atoms with Gasteiger partial charge in [0.05, 0.1) is 17.6 Å². The number of hydrogen-bond acceptors (Lipinski definition) is 2. The van der Waals surface area contributed by atoms with Crippen molar-refractivity contribution < 1.29 is 0 Å². The molecule has 0 unspecified atom stereocenters. The Morgan fingerprint density at radius 1 is 1.38 bits per heavy atom. The fraction of sp³-hybridized carbons (Fsp3) is 0.429. The van der Waals surface area contributed by atoms with E-state index in [9.17, 15) is 4.79 Å². The van der Waals surface area contributed by atoms with Gasteiger partial charge in [-0.05, 0) is 32.9 Å². The van der Waals surface area contributed by atoms with Crippen LogP contribution in [-0.4, -0.2) is 27.6 Å². The van der Waals surface area contributed by atoms with Crippen molar-refractivity contribution in [3.8, 4) is 0 Å². The van der Waals surface area contributed by atoms with Gasteiger partial charge in [0.2, 0.25) is 0 Å². The van der Waals surface area contributed by atoms with Crippen molar-refractivity contribution in [2.45, 2.75) is 32.9 Å². The molecule has 2 rings (SSSR count). The van der Waals surface area contributed by atoms with Gasteiger partial charge < -0.3 is 16.0 Å². The molecule has 0 saturated carbocycles. The largest absolute Gasteiger partial charge is 0.370 e. The third-order valence-electron chi connectivity index (χ3n) is 2.79. The fourth-order valence-corrected chi connectivity index (χ4v) is 2.02. The number of nitrogens with zero attached hydrogens (tertiary/aromatic N) is 2. The van der Waals surface area contributed by atoms with Crippen LogP contribution in [0.4, 0.5) is 0 Å². The number of hydrogen-bond donors (Lipinski definition) is 3. The monoisotopic (exact) mass is 403 g/mol. The molecule has 0 bridgehead atoms. The summed E-state index contributed by atoms with van der Waals surface area (Å²) in [7, 11) is 0. The maximum absolute atomic E-state index is 11.9. The summed E-state index contributed by atoms with van der Waals surface area (Å²) in [5.41, 5.74) is 7.27. The summed E-state index contributed by atoms with van der Waals surface area (Å²) in [6, 6.07) is 7.59. The standard InChI is InChI=1S/C14H21N5O.HI/c1-14(2,3)18-12(15)16-8-9-19-11-7-5-4-6-10(11)17-13(19)20;/h4-7H,8-9H2,1-3H3,(H,17,20)(H3,15,16,18);1H. The van der Waals surface area contributed by atoms with Gasteiger partial charge in [-0.25, -0.2) is 4.79 Å². The number of H-pyrrole nitrogens is 1. The number of nitrogens with two attached hydrogens (primary N) is 1. The molecule has 0 aliphatic rings. The maximum atomic E-state index is 11.9. The molecule has 0 radical (unpaired) electrons. The van der Waals surface area contributed by atoms with Crippen LogP contribution in [0.3, 0.4) is 0 Å². The first kappa shape index (κ1) is 17.5. The summed E-state index contributed by atoms with van der Waals surface area (Å²) in [5.74, 6) is 0.394. The Labute approximate surface area is 140 Å². The number of aliphatic imine (C=N–C) groups is 1. The summed E-state index contributed by atoms with van der Waals surface area (Å²) in [4.78, 5) is 18.9. The number of halogens is 1. The Morgan fingerprint density at radius 2 is 2.05 bits per heavy atom. The van der Waals surface area contributed by atoms with Gasteiger partial charge in [0.15, 0.2) is 5.96 Å². The van der Waals surface area contributed by atoms with Gasteiger partial charge in [-0.15, -0.1) is 24.0 Å². The van der Waals surface area contributed by atoms with E-state index in [-0.39, 0.29) is 35.2 Å². The van der Waals surface area contributed by atoms with Crippen LogP contribution in [-0.2, 0) is 6.54 Å². The van der Waals surface area contributed by atoms with Crippen molar-refractivity contribution in [2.75, 3.05) is 6.54 Å². The quantitative estimate of drug-likeness (QED) is 0.414. The smallest absolute Gasteiger partial charge is 0.326 e. The molecule has 0 atom stereocenters. The van der Waals surface area contributed by atoms with E-state index in [2.05, 4.69) is 15.3 Å². The minimum Gasteiger partial charge on any atom is -0.370 e. The van der Waals surface area contributed by atoms with Gasteiger partial charge >= 0.3 is 5.69 Å². The highest BCUT2D eigenvalue weighted by molar-refractivity contribution is 14.0. The number of nitrogens with one attached hydrogen (secondary N) is 2. The highest BCUT2D eigenvalue weighted by Gasteiger charge is 2.10. The van der Waals surface area contributed by atoms with Crippen LogP contribution in [0.2, 0.25) is 0 Å². The van der Waals surface area contributed by atoms with E-state index in [1.165, 1.54) is 0 Å². The third-order valence-corrected chi connectivity index (χ3v) is 2.79. The lowest BCUT2D eigenvalue weighted by molar-refractivity contribution is 0.507. The second-order valence-corrected chi connectivity index (χ2v) is 5.74. The first-order chi connectivity index (χ1) is 9.37. The van der Waals surface area contributed by atoms with E-state index < -0.39 is 0 Å². The van der Waals surface area contributed by atoms with E-state index in [0.29, 0.717) is 19.0 Å². The number of aromatic nitrogens is 2. The Hall–Kier alpha value is -1.51. The number of imidazole rings is 1. The molecular formula is C14H22IN5O. The third kappa shape index (κ3) is 4.76. The molecular weight excluding hydrogens is 381 g/mol. The van der Waals surface area contributed by atoms with Crippen LogP contribution < -0.4 is 16.7 Å². The lowest BCUT2D eigenvalue weighted by Gasteiger charge is -2.20. The molecule has 0 spiro atoms. The molecule has 116 valence electrons. The minimum atomic E-state index is -0.122. The van der Waals surface area contributed by atoms with Crippen molar-refractivity contribution in [3.63, 3.8) is 0 Å². The van der Waals surface area contributed by atoms with Gasteiger partial charge in [-0.3, -0.25) is 9.56 Å². The highest BCUT2D eigenvalue weighted by atomic mass is 127. The van der Waals surface area contributed by atoms with Crippen molar-refractivity contribution >= 4 is 41.0 Å². The summed E-state index contributed by atoms with van der Waals surface area (Å²) in [6.07, 6.45) is 0. The molecule has 0 saturated heterocycles. The molecule has 0 amide bonds. The lowest BCUT2D eigenvalue weighted by Crippen LogP contribution is -2.45. The minimum absolute atomic E-state index is 0. The number of para-hydroxylation sites is 2. The van der Waals surface area contributed by atoms with Crippen molar-refractivity contribution in [2.24, 2.45) is 10.7 Å². The second kappa shape index (κ2) is 6.97. The van der Waals surface area contributed by atoms with Gasteiger partial charge in [-0.2, -0.15) is 0 Å². The number of guanidine groups is 1. The summed E-state index contributed by atoms with van der Waals surface area (Å²) >= 11 is 0.